The van der Waals surface area contributed by atoms with Crippen molar-refractivity contribution in [3.63, 3.8) is 0 Å². The van der Waals surface area contributed by atoms with E-state index in [2.05, 4.69) is 39.2 Å². The van der Waals surface area contributed by atoms with Crippen LogP contribution in [0.5, 0.6) is 0 Å². The molecular weight excluding hydrogens is 294 g/mol. The van der Waals surface area contributed by atoms with E-state index in [4.69, 9.17) is 9.16 Å². The smallest absolute Gasteiger partial charge is 0.312 e. The highest BCUT2D eigenvalue weighted by molar-refractivity contribution is 6.74. The summed E-state index contributed by atoms with van der Waals surface area (Å²) in [6, 6.07) is 0. The normalized spacial score (nSPS) is 25.5. The van der Waals surface area contributed by atoms with Crippen molar-refractivity contribution in [3.05, 3.63) is 0 Å². The number of piperidine rings is 1. The van der Waals surface area contributed by atoms with Crippen molar-refractivity contribution < 1.29 is 14.0 Å². The molecule has 0 saturated carbocycles. The van der Waals surface area contributed by atoms with Crippen LogP contribution in [0.15, 0.2) is 0 Å². The largest absolute Gasteiger partial charge is 0.462 e. The fourth-order valence-electron chi connectivity index (χ4n) is 3.17. The maximum atomic E-state index is 12.2. The molecule has 1 unspecified atom stereocenters. The molecule has 2 saturated heterocycles. The summed E-state index contributed by atoms with van der Waals surface area (Å²) in [6.07, 6.45) is 4.81. The van der Waals surface area contributed by atoms with E-state index in [-0.39, 0.29) is 22.5 Å². The van der Waals surface area contributed by atoms with E-state index in [9.17, 15) is 4.79 Å². The minimum Gasteiger partial charge on any atom is -0.462 e. The van der Waals surface area contributed by atoms with Gasteiger partial charge in [0.1, 0.15) is 6.10 Å². The Kier molecular flexibility index (Phi) is 5.40. The van der Waals surface area contributed by atoms with Gasteiger partial charge in [0, 0.05) is 13.0 Å². The summed E-state index contributed by atoms with van der Waals surface area (Å²) in [5.41, 5.74) is -0.184. The fourth-order valence-corrected chi connectivity index (χ4v) is 4.25. The fraction of sp³-hybridized carbons (Fsp3) is 0.941. The van der Waals surface area contributed by atoms with E-state index in [0.717, 1.165) is 51.8 Å². The molecule has 2 aliphatic rings. The van der Waals surface area contributed by atoms with Gasteiger partial charge in [0.2, 0.25) is 0 Å². The van der Waals surface area contributed by atoms with Gasteiger partial charge in [0.05, 0.1) is 5.41 Å². The van der Waals surface area contributed by atoms with E-state index < -0.39 is 8.32 Å². The lowest BCUT2D eigenvalue weighted by molar-refractivity contribution is -0.150. The number of rotatable bonds is 5. The molecule has 4 nitrogen and oxygen atoms in total. The van der Waals surface area contributed by atoms with Gasteiger partial charge in [-0.05, 0) is 56.9 Å². The Morgan fingerprint density at radius 3 is 2.55 bits per heavy atom. The van der Waals surface area contributed by atoms with E-state index in [1.54, 1.807) is 0 Å². The number of ether oxygens (including phenoxy) is 1. The lowest BCUT2D eigenvalue weighted by Gasteiger charge is -2.36. The van der Waals surface area contributed by atoms with Crippen molar-refractivity contribution in [2.24, 2.45) is 5.41 Å². The summed E-state index contributed by atoms with van der Waals surface area (Å²) in [6.45, 7) is 14.0. The standard InChI is InChI=1S/C17H33NO3Si/c1-16(2,3)22(4,5)20-12-6-7-14-13-17(15(19)21-14)8-10-18-11-9-17/h14,18H,6-13H2,1-5H3. The minimum atomic E-state index is -1.65. The van der Waals surface area contributed by atoms with Gasteiger partial charge in [-0.3, -0.25) is 4.79 Å². The van der Waals surface area contributed by atoms with Crippen LogP contribution in [0.1, 0.15) is 52.9 Å². The van der Waals surface area contributed by atoms with E-state index >= 15 is 0 Å². The number of hydrogen-bond donors (Lipinski definition) is 1. The quantitative estimate of drug-likeness (QED) is 0.477. The molecule has 0 amide bonds. The lowest BCUT2D eigenvalue weighted by Crippen LogP contribution is -2.41. The average molecular weight is 328 g/mol. The molecule has 1 spiro atoms. The molecule has 2 heterocycles. The van der Waals surface area contributed by atoms with Crippen LogP contribution in [0.4, 0.5) is 0 Å². The number of carbonyl (C=O) groups is 1. The summed E-state index contributed by atoms with van der Waals surface area (Å²) < 4.78 is 11.8. The monoisotopic (exact) mass is 327 g/mol. The van der Waals surface area contributed by atoms with Gasteiger partial charge in [0.15, 0.2) is 8.32 Å². The van der Waals surface area contributed by atoms with Crippen LogP contribution in [0.25, 0.3) is 0 Å². The molecule has 2 aliphatic heterocycles. The average Bonchev–Trinajstić information content (AvgIpc) is 2.71. The molecular formula is C17H33NO3Si. The Morgan fingerprint density at radius 1 is 1.32 bits per heavy atom. The second kappa shape index (κ2) is 6.61. The van der Waals surface area contributed by atoms with Gasteiger partial charge < -0.3 is 14.5 Å². The lowest BCUT2D eigenvalue weighted by atomic mass is 9.76. The van der Waals surface area contributed by atoms with Crippen LogP contribution in [-0.2, 0) is 14.0 Å². The molecule has 1 N–H and O–H groups in total. The maximum Gasteiger partial charge on any atom is 0.312 e. The molecule has 0 bridgehead atoms. The molecule has 0 aliphatic carbocycles. The number of esters is 1. The molecule has 5 heteroatoms. The van der Waals surface area contributed by atoms with Crippen LogP contribution >= 0.6 is 0 Å². The first-order valence-corrected chi connectivity index (χ1v) is 11.6. The molecule has 0 aromatic heterocycles. The van der Waals surface area contributed by atoms with Gasteiger partial charge in [-0.25, -0.2) is 0 Å². The summed E-state index contributed by atoms with van der Waals surface area (Å²) in [7, 11) is -1.65. The van der Waals surface area contributed by atoms with Crippen molar-refractivity contribution in [1.82, 2.24) is 5.32 Å². The number of cyclic esters (lactones) is 1. The Labute approximate surface area is 136 Å². The Hall–Kier alpha value is -0.393. The third-order valence-corrected chi connectivity index (χ3v) is 10.4. The summed E-state index contributed by atoms with van der Waals surface area (Å²) in [4.78, 5) is 12.2. The molecule has 0 aromatic carbocycles. The van der Waals surface area contributed by atoms with Crippen molar-refractivity contribution in [2.45, 2.75) is 77.1 Å². The predicted octanol–water partition coefficient (Wildman–Crippen LogP) is 3.47. The van der Waals surface area contributed by atoms with Gasteiger partial charge >= 0.3 is 5.97 Å². The molecule has 2 fully saturated rings. The van der Waals surface area contributed by atoms with Gasteiger partial charge in [-0.1, -0.05) is 20.8 Å². The van der Waals surface area contributed by atoms with E-state index in [1.807, 2.05) is 0 Å². The topological polar surface area (TPSA) is 47.6 Å². The maximum absolute atomic E-state index is 12.2. The zero-order valence-electron chi connectivity index (χ0n) is 15.0. The Morgan fingerprint density at radius 2 is 1.95 bits per heavy atom. The SMILES string of the molecule is CC(C)(C)[Si](C)(C)OCCCC1CC2(CCNCC2)C(=O)O1. The highest BCUT2D eigenvalue weighted by Crippen LogP contribution is 2.42. The third-order valence-electron chi connectivity index (χ3n) is 5.83. The molecule has 2 rings (SSSR count). The van der Waals surface area contributed by atoms with Crippen molar-refractivity contribution in [1.29, 1.82) is 0 Å². The van der Waals surface area contributed by atoms with Gasteiger partial charge in [-0.15, -0.1) is 0 Å². The zero-order valence-corrected chi connectivity index (χ0v) is 16.0. The summed E-state index contributed by atoms with van der Waals surface area (Å²) in [5, 5.41) is 3.59. The number of nitrogens with one attached hydrogen (secondary N) is 1. The molecule has 0 aromatic rings. The second-order valence-electron chi connectivity index (χ2n) is 8.51. The van der Waals surface area contributed by atoms with Crippen LogP contribution in [-0.4, -0.2) is 40.1 Å². The van der Waals surface area contributed by atoms with Crippen LogP contribution < -0.4 is 5.32 Å². The highest BCUT2D eigenvalue weighted by atomic mass is 28.4. The Bertz CT molecular complexity index is 397. The van der Waals surface area contributed by atoms with Crippen molar-refractivity contribution >= 4 is 14.3 Å². The summed E-state index contributed by atoms with van der Waals surface area (Å²) in [5.74, 6) is 0.0457. The first-order chi connectivity index (χ1) is 10.2. The molecule has 1 atom stereocenters. The predicted molar refractivity (Wildman–Crippen MR) is 91.4 cm³/mol. The first kappa shape index (κ1) is 18.0. The highest BCUT2D eigenvalue weighted by Gasteiger charge is 2.49. The molecule has 22 heavy (non-hydrogen) atoms. The van der Waals surface area contributed by atoms with Crippen LogP contribution in [0, 0.1) is 5.41 Å². The van der Waals surface area contributed by atoms with Crippen molar-refractivity contribution in [3.8, 4) is 0 Å². The Balaban J connectivity index is 1.74. The molecule has 0 radical (unpaired) electrons. The van der Waals surface area contributed by atoms with Crippen molar-refractivity contribution in [2.75, 3.05) is 19.7 Å². The van der Waals surface area contributed by atoms with E-state index in [0.29, 0.717) is 0 Å². The van der Waals surface area contributed by atoms with Gasteiger partial charge in [0.25, 0.3) is 0 Å². The van der Waals surface area contributed by atoms with Crippen LogP contribution in [0.3, 0.4) is 0 Å². The van der Waals surface area contributed by atoms with E-state index in [1.165, 1.54) is 0 Å². The number of hydrogen-bond acceptors (Lipinski definition) is 4. The molecule has 128 valence electrons. The second-order valence-corrected chi connectivity index (χ2v) is 13.3. The van der Waals surface area contributed by atoms with Gasteiger partial charge in [-0.2, -0.15) is 0 Å². The number of carbonyl (C=O) groups excluding carboxylic acids is 1. The van der Waals surface area contributed by atoms with Crippen LogP contribution in [0.2, 0.25) is 18.1 Å². The summed E-state index contributed by atoms with van der Waals surface area (Å²) >= 11 is 0. The third kappa shape index (κ3) is 3.92. The first-order valence-electron chi connectivity index (χ1n) is 8.72. The zero-order chi connectivity index (χ0) is 16.4. The minimum absolute atomic E-state index is 0.0457.